The highest BCUT2D eigenvalue weighted by molar-refractivity contribution is 5.67. The Bertz CT molecular complexity index is 559. The zero-order chi connectivity index (χ0) is 14.6. The van der Waals surface area contributed by atoms with Gasteiger partial charge >= 0.3 is 0 Å². The molecule has 1 saturated carbocycles. The summed E-state index contributed by atoms with van der Waals surface area (Å²) in [6.07, 6.45) is 3.19. The first-order valence-electron chi connectivity index (χ1n) is 7.71. The van der Waals surface area contributed by atoms with Gasteiger partial charge in [0.1, 0.15) is 0 Å². The number of hydrazine groups is 1. The molecule has 1 unspecified atom stereocenters. The van der Waals surface area contributed by atoms with E-state index in [0.717, 1.165) is 43.6 Å². The summed E-state index contributed by atoms with van der Waals surface area (Å²) in [5, 5.41) is 1.76. The number of halogens is 1. The summed E-state index contributed by atoms with van der Waals surface area (Å²) >= 11 is 0. The van der Waals surface area contributed by atoms with Crippen LogP contribution in [0.3, 0.4) is 0 Å². The standard InChI is InChI=1S/C15H22FN5/c16-14-13(19-6-5-11(17)8-19)4-1-10-7-20(18)9-21(15(10)14)12-2-3-12/h1,4,11-12H,2-3,5-9,17-18H2. The molecule has 5 nitrogen and oxygen atoms in total. The summed E-state index contributed by atoms with van der Waals surface area (Å²) in [6.45, 7) is 2.79. The van der Waals surface area contributed by atoms with Gasteiger partial charge in [0, 0.05) is 31.7 Å². The summed E-state index contributed by atoms with van der Waals surface area (Å²) in [5.74, 6) is 5.88. The van der Waals surface area contributed by atoms with Crippen LogP contribution < -0.4 is 21.4 Å². The topological polar surface area (TPSA) is 61.8 Å². The van der Waals surface area contributed by atoms with E-state index in [1.807, 2.05) is 12.1 Å². The molecule has 114 valence electrons. The summed E-state index contributed by atoms with van der Waals surface area (Å²) in [4.78, 5) is 4.20. The van der Waals surface area contributed by atoms with Crippen molar-refractivity contribution in [3.8, 4) is 0 Å². The lowest BCUT2D eigenvalue weighted by Crippen LogP contribution is -2.47. The molecular formula is C15H22FN5. The van der Waals surface area contributed by atoms with E-state index in [9.17, 15) is 0 Å². The molecule has 1 aliphatic carbocycles. The van der Waals surface area contributed by atoms with Crippen LogP contribution in [0.4, 0.5) is 15.8 Å². The highest BCUT2D eigenvalue weighted by Gasteiger charge is 2.37. The molecule has 6 heteroatoms. The third kappa shape index (κ3) is 2.27. The molecule has 1 saturated heterocycles. The lowest BCUT2D eigenvalue weighted by Gasteiger charge is -2.37. The van der Waals surface area contributed by atoms with Crippen molar-refractivity contribution in [2.24, 2.45) is 11.6 Å². The van der Waals surface area contributed by atoms with Gasteiger partial charge in [0.25, 0.3) is 0 Å². The highest BCUT2D eigenvalue weighted by atomic mass is 19.1. The summed E-state index contributed by atoms with van der Waals surface area (Å²) in [6, 6.07) is 4.50. The van der Waals surface area contributed by atoms with Gasteiger partial charge in [0.15, 0.2) is 5.82 Å². The second kappa shape index (κ2) is 4.83. The minimum absolute atomic E-state index is 0.0957. The molecule has 4 N–H and O–H groups in total. The van der Waals surface area contributed by atoms with Crippen LogP contribution in [0.1, 0.15) is 24.8 Å². The Morgan fingerprint density at radius 1 is 1.19 bits per heavy atom. The van der Waals surface area contributed by atoms with E-state index in [-0.39, 0.29) is 11.9 Å². The number of fused-ring (bicyclic) bond motifs is 1. The third-order valence-electron chi connectivity index (χ3n) is 4.73. The number of benzene rings is 1. The summed E-state index contributed by atoms with van der Waals surface area (Å²) < 4.78 is 15.1. The molecule has 0 amide bonds. The molecule has 0 aromatic heterocycles. The largest absolute Gasteiger partial charge is 0.367 e. The molecule has 2 aliphatic heterocycles. The SMILES string of the molecule is NC1CCN(c2ccc3c(c2F)N(C2CC2)CN(N)C3)C1. The number of nitrogens with two attached hydrogens (primary N) is 2. The van der Waals surface area contributed by atoms with Crippen molar-refractivity contribution in [3.05, 3.63) is 23.5 Å². The van der Waals surface area contributed by atoms with Crippen LogP contribution in [-0.4, -0.2) is 36.9 Å². The molecule has 0 bridgehead atoms. The number of hydrogen-bond acceptors (Lipinski definition) is 5. The number of hydrogen-bond donors (Lipinski definition) is 2. The van der Waals surface area contributed by atoms with Crippen molar-refractivity contribution >= 4 is 11.4 Å². The second-order valence-electron chi connectivity index (χ2n) is 6.49. The van der Waals surface area contributed by atoms with Gasteiger partial charge in [-0.05, 0) is 30.9 Å². The van der Waals surface area contributed by atoms with E-state index in [1.54, 1.807) is 5.01 Å². The predicted octanol–water partition coefficient (Wildman–Crippen LogP) is 0.979. The Morgan fingerprint density at radius 2 is 2.00 bits per heavy atom. The molecule has 4 rings (SSSR count). The van der Waals surface area contributed by atoms with Gasteiger partial charge < -0.3 is 15.5 Å². The Hall–Kier alpha value is -1.37. The first-order chi connectivity index (χ1) is 10.1. The molecule has 0 spiro atoms. The van der Waals surface area contributed by atoms with Crippen molar-refractivity contribution in [2.45, 2.75) is 37.9 Å². The van der Waals surface area contributed by atoms with E-state index in [1.165, 1.54) is 0 Å². The van der Waals surface area contributed by atoms with Crippen molar-refractivity contribution in [3.63, 3.8) is 0 Å². The molecule has 1 aromatic rings. The smallest absolute Gasteiger partial charge is 0.170 e. The maximum Gasteiger partial charge on any atom is 0.170 e. The van der Waals surface area contributed by atoms with Gasteiger partial charge in [-0.25, -0.2) is 9.40 Å². The van der Waals surface area contributed by atoms with Crippen LogP contribution in [0.25, 0.3) is 0 Å². The Labute approximate surface area is 124 Å². The maximum absolute atomic E-state index is 15.1. The van der Waals surface area contributed by atoms with Crippen LogP contribution in [0.2, 0.25) is 0 Å². The average Bonchev–Trinajstić information content (AvgIpc) is 3.21. The Kier molecular flexibility index (Phi) is 3.06. The highest BCUT2D eigenvalue weighted by Crippen LogP contribution is 2.41. The van der Waals surface area contributed by atoms with Crippen LogP contribution >= 0.6 is 0 Å². The minimum Gasteiger partial charge on any atom is -0.367 e. The predicted molar refractivity (Wildman–Crippen MR) is 81.3 cm³/mol. The third-order valence-corrected chi connectivity index (χ3v) is 4.73. The van der Waals surface area contributed by atoms with Gasteiger partial charge in [-0.1, -0.05) is 6.07 Å². The molecular weight excluding hydrogens is 269 g/mol. The maximum atomic E-state index is 15.1. The summed E-state index contributed by atoms with van der Waals surface area (Å²) in [5.41, 5.74) is 8.40. The molecule has 3 aliphatic rings. The van der Waals surface area contributed by atoms with Crippen molar-refractivity contribution in [1.82, 2.24) is 5.01 Å². The first kappa shape index (κ1) is 13.3. The zero-order valence-corrected chi connectivity index (χ0v) is 12.1. The number of anilines is 2. The first-order valence-corrected chi connectivity index (χ1v) is 7.71. The quantitative estimate of drug-likeness (QED) is 0.795. The average molecular weight is 291 g/mol. The van der Waals surface area contributed by atoms with Gasteiger partial charge in [0.2, 0.25) is 0 Å². The fraction of sp³-hybridized carbons (Fsp3) is 0.600. The van der Waals surface area contributed by atoms with Crippen molar-refractivity contribution in [1.29, 1.82) is 0 Å². The van der Waals surface area contributed by atoms with Crippen molar-refractivity contribution < 1.29 is 4.39 Å². The van der Waals surface area contributed by atoms with Gasteiger partial charge in [-0.3, -0.25) is 5.84 Å². The van der Waals surface area contributed by atoms with E-state index in [2.05, 4.69) is 9.80 Å². The minimum atomic E-state index is -0.0957. The zero-order valence-electron chi connectivity index (χ0n) is 12.1. The van der Waals surface area contributed by atoms with Crippen LogP contribution in [0.5, 0.6) is 0 Å². The number of rotatable bonds is 2. The number of nitrogens with zero attached hydrogens (tertiary/aromatic N) is 3. The summed E-state index contributed by atoms with van der Waals surface area (Å²) in [7, 11) is 0. The second-order valence-corrected chi connectivity index (χ2v) is 6.49. The van der Waals surface area contributed by atoms with Crippen LogP contribution in [0, 0.1) is 5.82 Å². The van der Waals surface area contributed by atoms with E-state index in [4.69, 9.17) is 11.6 Å². The Morgan fingerprint density at radius 3 is 2.67 bits per heavy atom. The van der Waals surface area contributed by atoms with E-state index >= 15 is 4.39 Å². The van der Waals surface area contributed by atoms with E-state index < -0.39 is 0 Å². The molecule has 2 fully saturated rings. The molecule has 2 heterocycles. The van der Waals surface area contributed by atoms with Gasteiger partial charge in [-0.15, -0.1) is 0 Å². The van der Waals surface area contributed by atoms with Crippen molar-refractivity contribution in [2.75, 3.05) is 29.6 Å². The normalized spacial score (nSPS) is 26.3. The Balaban J connectivity index is 1.74. The monoisotopic (exact) mass is 291 g/mol. The lowest BCUT2D eigenvalue weighted by atomic mass is 10.1. The molecule has 1 atom stereocenters. The molecule has 0 radical (unpaired) electrons. The van der Waals surface area contributed by atoms with Crippen LogP contribution in [-0.2, 0) is 6.54 Å². The molecule has 21 heavy (non-hydrogen) atoms. The lowest BCUT2D eigenvalue weighted by molar-refractivity contribution is 0.256. The fourth-order valence-corrected chi connectivity index (χ4v) is 3.50. The van der Waals surface area contributed by atoms with E-state index in [0.29, 0.717) is 24.9 Å². The fourth-order valence-electron chi connectivity index (χ4n) is 3.50. The molecule has 1 aromatic carbocycles. The van der Waals surface area contributed by atoms with Gasteiger partial charge in [-0.2, -0.15) is 0 Å². The van der Waals surface area contributed by atoms with Crippen LogP contribution in [0.15, 0.2) is 12.1 Å². The van der Waals surface area contributed by atoms with Gasteiger partial charge in [0.05, 0.1) is 18.0 Å².